The molecule has 1 aliphatic heterocycles. The Kier molecular flexibility index (Phi) is 9.81. The van der Waals surface area contributed by atoms with Crippen LogP contribution in [0.25, 0.3) is 0 Å². The number of carbonyl (C=O) groups excluding carboxylic acids is 2. The first-order chi connectivity index (χ1) is 19.9. The van der Waals surface area contributed by atoms with E-state index in [0.29, 0.717) is 5.69 Å². The monoisotopic (exact) mass is 598 g/mol. The minimum atomic E-state index is -4.01. The van der Waals surface area contributed by atoms with Crippen molar-refractivity contribution in [3.05, 3.63) is 90.2 Å². The zero-order valence-electron chi connectivity index (χ0n) is 23.4. The number of cyclic esters (lactones) is 1. The van der Waals surface area contributed by atoms with Gasteiger partial charge in [0, 0.05) is 18.8 Å². The predicted molar refractivity (Wildman–Crippen MR) is 157 cm³/mol. The molecule has 1 heterocycles. The van der Waals surface area contributed by atoms with E-state index < -0.39 is 46.1 Å². The number of sulfonamides is 1. The molecule has 42 heavy (non-hydrogen) atoms. The van der Waals surface area contributed by atoms with E-state index in [1.165, 1.54) is 46.8 Å². The second-order valence-corrected chi connectivity index (χ2v) is 12.6. The molecule has 3 aromatic carbocycles. The molecule has 0 radical (unpaired) electrons. The van der Waals surface area contributed by atoms with E-state index in [0.717, 1.165) is 16.5 Å². The zero-order valence-corrected chi connectivity index (χ0v) is 24.2. The molecule has 3 unspecified atom stereocenters. The van der Waals surface area contributed by atoms with E-state index in [1.54, 1.807) is 0 Å². The molecule has 12 heteroatoms. The smallest absolute Gasteiger partial charge is 0.415 e. The lowest BCUT2D eigenvalue weighted by molar-refractivity contribution is -0.129. The van der Waals surface area contributed by atoms with E-state index in [-0.39, 0.29) is 42.6 Å². The maximum absolute atomic E-state index is 13.7. The lowest BCUT2D eigenvalue weighted by Gasteiger charge is -2.31. The Labute approximate surface area is 244 Å². The number of nitrogens with one attached hydrogen (secondary N) is 1. The second kappa shape index (κ2) is 13.3. The molecule has 3 aromatic rings. The molecule has 3 atom stereocenters. The molecule has 224 valence electrons. The van der Waals surface area contributed by atoms with Crippen molar-refractivity contribution in [3.8, 4) is 0 Å². The lowest BCUT2D eigenvalue weighted by atomic mass is 10.0. The van der Waals surface area contributed by atoms with Crippen LogP contribution in [0.4, 0.5) is 20.6 Å². The summed E-state index contributed by atoms with van der Waals surface area (Å²) in [6.07, 6.45) is -3.18. The van der Waals surface area contributed by atoms with Gasteiger partial charge < -0.3 is 20.9 Å². The third-order valence-electron chi connectivity index (χ3n) is 6.79. The number of hydrogen-bond acceptors (Lipinski definition) is 7. The summed E-state index contributed by atoms with van der Waals surface area (Å²) in [5, 5.41) is 14.2. The summed E-state index contributed by atoms with van der Waals surface area (Å²) in [6, 6.07) is 19.3. The average molecular weight is 599 g/mol. The summed E-state index contributed by atoms with van der Waals surface area (Å²) >= 11 is 0. The molecule has 1 saturated heterocycles. The fraction of sp³-hybridized carbons (Fsp3) is 0.333. The fourth-order valence-corrected chi connectivity index (χ4v) is 6.31. The zero-order chi connectivity index (χ0) is 30.4. The van der Waals surface area contributed by atoms with Gasteiger partial charge in [0.1, 0.15) is 5.82 Å². The number of amides is 2. The number of carbonyl (C=O) groups is 2. The largest absolute Gasteiger partial charge is 0.434 e. The van der Waals surface area contributed by atoms with E-state index in [4.69, 9.17) is 10.5 Å². The van der Waals surface area contributed by atoms with Crippen LogP contribution < -0.4 is 16.0 Å². The molecular formula is C30H35FN4O6S. The Morgan fingerprint density at radius 3 is 2.43 bits per heavy atom. The highest BCUT2D eigenvalue weighted by Gasteiger charge is 2.39. The Hall–Kier alpha value is -4.00. The van der Waals surface area contributed by atoms with Crippen LogP contribution >= 0.6 is 0 Å². The molecule has 4 rings (SSSR count). The molecule has 1 fully saturated rings. The van der Waals surface area contributed by atoms with Gasteiger partial charge in [0.05, 0.1) is 29.3 Å². The summed E-state index contributed by atoms with van der Waals surface area (Å²) < 4.78 is 47.3. The number of halogens is 1. The third kappa shape index (κ3) is 7.64. The van der Waals surface area contributed by atoms with Crippen LogP contribution in [0.3, 0.4) is 0 Å². The lowest BCUT2D eigenvalue weighted by Crippen LogP contribution is -2.53. The highest BCUT2D eigenvalue weighted by Crippen LogP contribution is 2.24. The van der Waals surface area contributed by atoms with Crippen LogP contribution in [0.1, 0.15) is 19.4 Å². The quantitative estimate of drug-likeness (QED) is 0.272. The number of benzene rings is 3. The van der Waals surface area contributed by atoms with Crippen LogP contribution in [0, 0.1) is 11.7 Å². The van der Waals surface area contributed by atoms with Gasteiger partial charge in [-0.15, -0.1) is 0 Å². The van der Waals surface area contributed by atoms with Gasteiger partial charge in [0.15, 0.2) is 6.10 Å². The maximum atomic E-state index is 13.7. The predicted octanol–water partition coefficient (Wildman–Crippen LogP) is 3.17. The topological polar surface area (TPSA) is 142 Å². The molecule has 4 N–H and O–H groups in total. The van der Waals surface area contributed by atoms with Crippen molar-refractivity contribution in [2.24, 2.45) is 5.92 Å². The van der Waals surface area contributed by atoms with E-state index in [2.05, 4.69) is 5.32 Å². The van der Waals surface area contributed by atoms with Crippen LogP contribution in [0.15, 0.2) is 83.8 Å². The second-order valence-electron chi connectivity index (χ2n) is 10.6. The normalized spacial score (nSPS) is 16.9. The molecule has 0 bridgehead atoms. The Morgan fingerprint density at radius 2 is 1.79 bits per heavy atom. The first-order valence-corrected chi connectivity index (χ1v) is 15.0. The minimum absolute atomic E-state index is 0.0310. The maximum Gasteiger partial charge on any atom is 0.415 e. The number of nitrogens with zero attached hydrogens (tertiary/aromatic N) is 2. The summed E-state index contributed by atoms with van der Waals surface area (Å²) in [7, 11) is -4.01. The first kappa shape index (κ1) is 30.9. The fourth-order valence-electron chi connectivity index (χ4n) is 4.68. The average Bonchev–Trinajstić information content (AvgIpc) is 3.34. The number of aliphatic hydroxyl groups is 1. The van der Waals surface area contributed by atoms with Gasteiger partial charge in [-0.2, -0.15) is 4.31 Å². The number of anilines is 2. The van der Waals surface area contributed by atoms with Crippen LogP contribution in [-0.2, 0) is 26.0 Å². The Morgan fingerprint density at radius 1 is 1.10 bits per heavy atom. The molecule has 10 nitrogen and oxygen atoms in total. The molecule has 0 saturated carbocycles. The number of ether oxygens (including phenoxy) is 1. The summed E-state index contributed by atoms with van der Waals surface area (Å²) in [5.41, 5.74) is 7.19. The SMILES string of the molecule is CC(C)CN(CC(O)C(Cc1ccccc1)NC(=O)C1CN(c2cccc(F)c2)C(=O)O1)S(=O)(=O)c1ccc(N)cc1. The van der Waals surface area contributed by atoms with Gasteiger partial charge >= 0.3 is 6.09 Å². The van der Waals surface area contributed by atoms with Crippen LogP contribution in [0.5, 0.6) is 0 Å². The van der Waals surface area contributed by atoms with Crippen molar-refractivity contribution in [1.82, 2.24) is 9.62 Å². The van der Waals surface area contributed by atoms with Gasteiger partial charge in [-0.3, -0.25) is 9.69 Å². The van der Waals surface area contributed by atoms with Crippen molar-refractivity contribution >= 4 is 33.4 Å². The molecule has 0 aromatic heterocycles. The summed E-state index contributed by atoms with van der Waals surface area (Å²) in [6.45, 7) is 3.38. The molecule has 0 aliphatic carbocycles. The van der Waals surface area contributed by atoms with E-state index in [9.17, 15) is 27.5 Å². The van der Waals surface area contributed by atoms with E-state index in [1.807, 2.05) is 44.2 Å². The summed E-state index contributed by atoms with van der Waals surface area (Å²) in [5.74, 6) is -1.27. The number of hydrogen-bond donors (Lipinski definition) is 3. The van der Waals surface area contributed by atoms with E-state index >= 15 is 0 Å². The number of nitrogen functional groups attached to an aromatic ring is 1. The van der Waals surface area contributed by atoms with Gasteiger partial charge in [0.2, 0.25) is 10.0 Å². The van der Waals surface area contributed by atoms with Crippen molar-refractivity contribution in [3.63, 3.8) is 0 Å². The van der Waals surface area contributed by atoms with Crippen molar-refractivity contribution < 1.29 is 32.2 Å². The highest BCUT2D eigenvalue weighted by atomic mass is 32.2. The Balaban J connectivity index is 1.55. The Bertz CT molecular complexity index is 1490. The third-order valence-corrected chi connectivity index (χ3v) is 8.64. The van der Waals surface area contributed by atoms with Gasteiger partial charge in [0.25, 0.3) is 5.91 Å². The number of rotatable bonds is 12. The number of nitrogens with two attached hydrogens (primary N) is 1. The van der Waals surface area contributed by atoms with Gasteiger partial charge in [-0.25, -0.2) is 17.6 Å². The van der Waals surface area contributed by atoms with Crippen molar-refractivity contribution in [2.45, 2.75) is 43.4 Å². The molecule has 0 spiro atoms. The van der Waals surface area contributed by atoms with Gasteiger partial charge in [-0.1, -0.05) is 50.2 Å². The van der Waals surface area contributed by atoms with Crippen LogP contribution in [0.2, 0.25) is 0 Å². The minimum Gasteiger partial charge on any atom is -0.434 e. The van der Waals surface area contributed by atoms with Gasteiger partial charge in [-0.05, 0) is 60.4 Å². The van der Waals surface area contributed by atoms with Crippen molar-refractivity contribution in [1.29, 1.82) is 0 Å². The standard InChI is InChI=1S/C30H35FN4O6S/c1-20(2)17-34(42(39,40)25-13-11-23(32)12-14-25)18-27(36)26(15-21-7-4-3-5-8-21)33-29(37)28-19-35(30(38)41-28)24-10-6-9-22(31)16-24/h3-14,16,20,26-28,36H,15,17-19,32H2,1-2H3,(H,33,37). The molecule has 2 amide bonds. The summed E-state index contributed by atoms with van der Waals surface area (Å²) in [4.78, 5) is 27.0. The van der Waals surface area contributed by atoms with Crippen LogP contribution in [-0.4, -0.2) is 67.7 Å². The first-order valence-electron chi connectivity index (χ1n) is 13.6. The molecular weight excluding hydrogens is 563 g/mol. The highest BCUT2D eigenvalue weighted by molar-refractivity contribution is 7.89. The molecule has 1 aliphatic rings. The van der Waals surface area contributed by atoms with Crippen molar-refractivity contribution in [2.75, 3.05) is 30.3 Å². The number of aliphatic hydroxyl groups excluding tert-OH is 1.